The fraction of sp³-hybridized carbons (Fsp3) is 0.385. The molecule has 10 nitrogen and oxygen atoms in total. The molecule has 0 radical (unpaired) electrons. The first kappa shape index (κ1) is 16.3. The number of nitrogens with zero attached hydrogens (tertiary/aromatic N) is 4. The molecule has 1 aromatic carbocycles. The second-order valence-electron chi connectivity index (χ2n) is 4.97. The molecule has 10 heteroatoms. The van der Waals surface area contributed by atoms with E-state index in [1.165, 1.54) is 7.11 Å². The summed E-state index contributed by atoms with van der Waals surface area (Å²) in [6.07, 6.45) is -0.428. The topological polar surface area (TPSA) is 134 Å². The zero-order valence-corrected chi connectivity index (χ0v) is 12.5. The molecule has 0 spiro atoms. The average Bonchev–Trinajstić information content (AvgIpc) is 3.01. The van der Waals surface area contributed by atoms with Crippen molar-refractivity contribution < 1.29 is 19.1 Å². The van der Waals surface area contributed by atoms with Crippen LogP contribution in [0.3, 0.4) is 0 Å². The van der Waals surface area contributed by atoms with E-state index in [-0.39, 0.29) is 24.6 Å². The number of aryl methyl sites for hydroxylation is 1. The highest BCUT2D eigenvalue weighted by Crippen LogP contribution is 2.23. The quantitative estimate of drug-likeness (QED) is 0.429. The van der Waals surface area contributed by atoms with Crippen LogP contribution in [0.5, 0.6) is 5.75 Å². The van der Waals surface area contributed by atoms with E-state index in [9.17, 15) is 20.2 Å². The van der Waals surface area contributed by atoms with E-state index >= 15 is 0 Å². The number of hydrogen-bond acceptors (Lipinski definition) is 8. The molecule has 1 heterocycles. The van der Waals surface area contributed by atoms with Crippen LogP contribution in [0.4, 0.5) is 0 Å². The smallest absolute Gasteiger partial charge is 0.456 e. The van der Waals surface area contributed by atoms with Gasteiger partial charge in [0.15, 0.2) is 0 Å². The Morgan fingerprint density at radius 2 is 2.00 bits per heavy atom. The van der Waals surface area contributed by atoms with Crippen molar-refractivity contribution in [2.45, 2.75) is 25.4 Å². The van der Waals surface area contributed by atoms with Crippen molar-refractivity contribution in [3.63, 3.8) is 0 Å². The number of rotatable bonds is 7. The Bertz CT molecular complexity index is 715. The standard InChI is InChI=1S/C13H14N4O6/c1-13(16(18)19,17(20)21)7-6-11-14-12(15-23-11)9-4-3-5-10(8-9)22-2/h3-5,8H,6-7H2,1-2H3. The van der Waals surface area contributed by atoms with E-state index in [1.54, 1.807) is 24.3 Å². The van der Waals surface area contributed by atoms with Crippen molar-refractivity contribution in [2.24, 2.45) is 0 Å². The first-order valence-electron chi connectivity index (χ1n) is 6.63. The van der Waals surface area contributed by atoms with Crippen LogP contribution in [0.1, 0.15) is 19.2 Å². The summed E-state index contributed by atoms with van der Waals surface area (Å²) >= 11 is 0. The molecule has 1 aromatic heterocycles. The summed E-state index contributed by atoms with van der Waals surface area (Å²) < 4.78 is 10.1. The number of methoxy groups -OCH3 is 1. The summed E-state index contributed by atoms with van der Waals surface area (Å²) in [7, 11) is 1.52. The first-order valence-corrected chi connectivity index (χ1v) is 6.63. The maximum absolute atomic E-state index is 10.9. The maximum Gasteiger partial charge on any atom is 0.456 e. The molecular formula is C13H14N4O6. The normalized spacial score (nSPS) is 11.2. The van der Waals surface area contributed by atoms with Crippen molar-refractivity contribution >= 4 is 0 Å². The third kappa shape index (κ3) is 3.42. The van der Waals surface area contributed by atoms with Gasteiger partial charge >= 0.3 is 5.66 Å². The highest BCUT2D eigenvalue weighted by atomic mass is 16.7. The Morgan fingerprint density at radius 3 is 2.61 bits per heavy atom. The number of hydrogen-bond donors (Lipinski definition) is 0. The Hall–Kier alpha value is -3.04. The molecule has 122 valence electrons. The van der Waals surface area contributed by atoms with Gasteiger partial charge in [-0.2, -0.15) is 4.98 Å². The molecule has 0 amide bonds. The van der Waals surface area contributed by atoms with E-state index in [0.717, 1.165) is 6.92 Å². The Kier molecular flexibility index (Phi) is 4.53. The first-order chi connectivity index (χ1) is 10.9. The third-order valence-electron chi connectivity index (χ3n) is 3.40. The SMILES string of the molecule is COc1cccc(-c2noc(CCC(C)([N+](=O)[O-])[N+](=O)[O-])n2)c1. The molecule has 0 aliphatic heterocycles. The molecule has 0 saturated carbocycles. The predicted molar refractivity (Wildman–Crippen MR) is 77.0 cm³/mol. The van der Waals surface area contributed by atoms with Gasteiger partial charge in [0.2, 0.25) is 11.7 Å². The Morgan fingerprint density at radius 1 is 1.30 bits per heavy atom. The van der Waals surface area contributed by atoms with E-state index in [0.29, 0.717) is 11.3 Å². The highest BCUT2D eigenvalue weighted by molar-refractivity contribution is 5.56. The van der Waals surface area contributed by atoms with Crippen LogP contribution in [0.2, 0.25) is 0 Å². The number of benzene rings is 1. The highest BCUT2D eigenvalue weighted by Gasteiger charge is 2.50. The molecule has 0 unspecified atom stereocenters. The van der Waals surface area contributed by atoms with Crippen molar-refractivity contribution in [3.05, 3.63) is 50.4 Å². The number of nitro groups is 2. The average molecular weight is 322 g/mol. The summed E-state index contributed by atoms with van der Waals surface area (Å²) in [5.41, 5.74) is -1.64. The fourth-order valence-corrected chi connectivity index (χ4v) is 1.83. The van der Waals surface area contributed by atoms with Crippen molar-refractivity contribution in [1.29, 1.82) is 0 Å². The van der Waals surface area contributed by atoms with E-state index < -0.39 is 15.5 Å². The minimum absolute atomic E-state index is 0.0740. The van der Waals surface area contributed by atoms with Gasteiger partial charge in [-0.15, -0.1) is 0 Å². The third-order valence-corrected chi connectivity index (χ3v) is 3.40. The number of ether oxygens (including phenoxy) is 1. The zero-order chi connectivity index (χ0) is 17.0. The van der Waals surface area contributed by atoms with Crippen LogP contribution in [0.15, 0.2) is 28.8 Å². The van der Waals surface area contributed by atoms with Gasteiger partial charge in [-0.25, -0.2) is 0 Å². The van der Waals surface area contributed by atoms with Crippen molar-refractivity contribution in [1.82, 2.24) is 10.1 Å². The van der Waals surface area contributed by atoms with Gasteiger partial charge in [-0.3, -0.25) is 20.2 Å². The fourth-order valence-electron chi connectivity index (χ4n) is 1.83. The summed E-state index contributed by atoms with van der Waals surface area (Å²) in [5, 5.41) is 25.5. The number of aromatic nitrogens is 2. The van der Waals surface area contributed by atoms with Crippen molar-refractivity contribution in [2.75, 3.05) is 7.11 Å². The minimum Gasteiger partial charge on any atom is -0.497 e. The van der Waals surface area contributed by atoms with E-state index in [1.807, 2.05) is 0 Å². The summed E-state index contributed by atoms with van der Waals surface area (Å²) in [4.78, 5) is 24.0. The van der Waals surface area contributed by atoms with Crippen LogP contribution >= 0.6 is 0 Å². The van der Waals surface area contributed by atoms with Crippen LogP contribution in [-0.4, -0.2) is 32.8 Å². The van der Waals surface area contributed by atoms with Crippen LogP contribution in [0, 0.1) is 20.2 Å². The van der Waals surface area contributed by atoms with Crippen LogP contribution < -0.4 is 4.74 Å². The molecule has 2 rings (SSSR count). The lowest BCUT2D eigenvalue weighted by Gasteiger charge is -2.10. The molecule has 0 aliphatic rings. The molecule has 23 heavy (non-hydrogen) atoms. The van der Waals surface area contributed by atoms with Crippen LogP contribution in [0.25, 0.3) is 11.4 Å². The van der Waals surface area contributed by atoms with E-state index in [4.69, 9.17) is 9.26 Å². The lowest BCUT2D eigenvalue weighted by Crippen LogP contribution is -2.43. The summed E-state index contributed by atoms with van der Waals surface area (Å²) in [6.45, 7) is 0.951. The second kappa shape index (κ2) is 6.38. The molecule has 0 bridgehead atoms. The predicted octanol–water partition coefficient (Wildman–Crippen LogP) is 1.95. The summed E-state index contributed by atoms with van der Waals surface area (Å²) in [6, 6.07) is 6.95. The van der Waals surface area contributed by atoms with Gasteiger partial charge in [-0.1, -0.05) is 17.3 Å². The Labute approximate surface area is 130 Å². The monoisotopic (exact) mass is 322 g/mol. The van der Waals surface area contributed by atoms with E-state index in [2.05, 4.69) is 10.1 Å². The van der Waals surface area contributed by atoms with Gasteiger partial charge in [0.05, 0.1) is 30.3 Å². The minimum atomic E-state index is -2.29. The van der Waals surface area contributed by atoms with Gasteiger partial charge < -0.3 is 9.26 Å². The molecule has 0 fully saturated rings. The lowest BCUT2D eigenvalue weighted by molar-refractivity contribution is -0.793. The zero-order valence-electron chi connectivity index (χ0n) is 12.5. The molecule has 0 atom stereocenters. The lowest BCUT2D eigenvalue weighted by atomic mass is 10.1. The molecular weight excluding hydrogens is 308 g/mol. The van der Waals surface area contributed by atoms with Gasteiger partial charge in [0.1, 0.15) is 5.75 Å². The molecule has 0 aliphatic carbocycles. The second-order valence-corrected chi connectivity index (χ2v) is 4.97. The van der Waals surface area contributed by atoms with Crippen LogP contribution in [-0.2, 0) is 6.42 Å². The summed E-state index contributed by atoms with van der Waals surface area (Å²) in [5.74, 6) is 0.990. The maximum atomic E-state index is 10.9. The van der Waals surface area contributed by atoms with Gasteiger partial charge in [-0.05, 0) is 12.1 Å². The largest absolute Gasteiger partial charge is 0.497 e. The molecule has 2 aromatic rings. The molecule has 0 N–H and O–H groups in total. The molecule has 0 saturated heterocycles. The van der Waals surface area contributed by atoms with Gasteiger partial charge in [0, 0.05) is 12.0 Å². The van der Waals surface area contributed by atoms with Gasteiger partial charge in [0.25, 0.3) is 0 Å². The Balaban J connectivity index is 2.13. The van der Waals surface area contributed by atoms with Crippen molar-refractivity contribution in [3.8, 4) is 17.1 Å².